The summed E-state index contributed by atoms with van der Waals surface area (Å²) in [5.41, 5.74) is 0.886. The van der Waals surface area contributed by atoms with Crippen molar-refractivity contribution in [1.29, 1.82) is 0 Å². The molecule has 1 atom stereocenters. The molecule has 2 rings (SSSR count). The number of nitrogens with zero attached hydrogens (tertiary/aromatic N) is 1. The first-order valence-electron chi connectivity index (χ1n) is 5.51. The smallest absolute Gasteiger partial charge is 0.262 e. The Morgan fingerprint density at radius 1 is 1.12 bits per heavy atom. The number of carbonyl (C=O) groups is 2. The van der Waals surface area contributed by atoms with Crippen LogP contribution < -0.4 is 0 Å². The van der Waals surface area contributed by atoms with Crippen molar-refractivity contribution in [2.45, 2.75) is 19.9 Å². The van der Waals surface area contributed by atoms with E-state index in [0.717, 1.165) is 0 Å². The molecule has 0 N–H and O–H groups in total. The number of hydrogen-bond donors (Lipinski definition) is 0. The van der Waals surface area contributed by atoms with Crippen molar-refractivity contribution in [1.82, 2.24) is 4.90 Å². The maximum atomic E-state index is 12.1. The van der Waals surface area contributed by atoms with Crippen LogP contribution in [0.2, 0.25) is 0 Å². The number of fused-ring (bicyclic) bond motifs is 1. The Hall–Kier alpha value is -2.08. The summed E-state index contributed by atoms with van der Waals surface area (Å²) in [5, 5.41) is 0. The summed E-state index contributed by atoms with van der Waals surface area (Å²) in [5.74, 6) is 1.99. The number of imide groups is 1. The first-order chi connectivity index (χ1) is 8.07. The molecule has 0 fully saturated rings. The number of benzene rings is 1. The zero-order chi connectivity index (χ0) is 12.6. The van der Waals surface area contributed by atoms with Crippen LogP contribution in [0, 0.1) is 18.3 Å². The molecule has 1 heterocycles. The molecular formula is C14H13NO2. The lowest BCUT2D eigenvalue weighted by molar-refractivity contribution is 0.0590. The van der Waals surface area contributed by atoms with Crippen molar-refractivity contribution >= 4 is 11.8 Å². The third-order valence-corrected chi connectivity index (χ3v) is 2.91. The lowest BCUT2D eigenvalue weighted by Gasteiger charge is -2.24. The Balaban J connectivity index is 2.47. The molecule has 3 nitrogen and oxygen atoms in total. The second-order valence-electron chi connectivity index (χ2n) is 4.38. The van der Waals surface area contributed by atoms with Gasteiger partial charge in [-0.3, -0.25) is 14.5 Å². The van der Waals surface area contributed by atoms with Crippen LogP contribution in [-0.4, -0.2) is 22.8 Å². The Bertz CT molecular complexity index is 490. The lowest BCUT2D eigenvalue weighted by Crippen LogP contribution is -2.42. The highest BCUT2D eigenvalue weighted by molar-refractivity contribution is 6.21. The average molecular weight is 227 g/mol. The predicted octanol–water partition coefficient (Wildman–Crippen LogP) is 1.94. The van der Waals surface area contributed by atoms with E-state index < -0.39 is 6.04 Å². The Kier molecular flexibility index (Phi) is 2.72. The van der Waals surface area contributed by atoms with E-state index in [4.69, 9.17) is 6.42 Å². The van der Waals surface area contributed by atoms with Gasteiger partial charge in [-0.1, -0.05) is 31.9 Å². The number of amides is 2. The minimum absolute atomic E-state index is 0.0437. The van der Waals surface area contributed by atoms with Gasteiger partial charge < -0.3 is 0 Å². The molecule has 0 saturated heterocycles. The third kappa shape index (κ3) is 1.62. The summed E-state index contributed by atoms with van der Waals surface area (Å²) < 4.78 is 0. The van der Waals surface area contributed by atoms with E-state index in [1.807, 2.05) is 13.8 Å². The van der Waals surface area contributed by atoms with Crippen LogP contribution in [0.25, 0.3) is 0 Å². The van der Waals surface area contributed by atoms with Crippen molar-refractivity contribution in [3.05, 3.63) is 35.4 Å². The van der Waals surface area contributed by atoms with Gasteiger partial charge in [-0.25, -0.2) is 0 Å². The quantitative estimate of drug-likeness (QED) is 0.572. The maximum Gasteiger partial charge on any atom is 0.262 e. The van der Waals surface area contributed by atoms with Crippen molar-refractivity contribution in [3.8, 4) is 12.3 Å². The second-order valence-corrected chi connectivity index (χ2v) is 4.38. The number of terminal acetylenes is 1. The zero-order valence-electron chi connectivity index (χ0n) is 9.81. The molecule has 1 aliphatic heterocycles. The molecule has 0 spiro atoms. The fraction of sp³-hybridized carbons (Fsp3) is 0.286. The first-order valence-corrected chi connectivity index (χ1v) is 5.51. The summed E-state index contributed by atoms with van der Waals surface area (Å²) in [7, 11) is 0. The van der Waals surface area contributed by atoms with E-state index in [0.29, 0.717) is 11.1 Å². The second kappa shape index (κ2) is 4.06. The highest BCUT2D eigenvalue weighted by Gasteiger charge is 2.39. The van der Waals surface area contributed by atoms with E-state index in [2.05, 4.69) is 5.92 Å². The molecule has 0 radical (unpaired) electrons. The van der Waals surface area contributed by atoms with Crippen molar-refractivity contribution in [2.75, 3.05) is 0 Å². The monoisotopic (exact) mass is 227 g/mol. The van der Waals surface area contributed by atoms with Gasteiger partial charge in [-0.15, -0.1) is 6.42 Å². The number of rotatable bonds is 2. The van der Waals surface area contributed by atoms with Crippen molar-refractivity contribution < 1.29 is 9.59 Å². The maximum absolute atomic E-state index is 12.1. The SMILES string of the molecule is C#C[C@H](C(C)C)N1C(=O)c2ccccc2C1=O. The van der Waals surface area contributed by atoms with Gasteiger partial charge in [-0.05, 0) is 18.1 Å². The molecule has 0 saturated carbocycles. The lowest BCUT2D eigenvalue weighted by atomic mass is 10.0. The third-order valence-electron chi connectivity index (χ3n) is 2.91. The zero-order valence-corrected chi connectivity index (χ0v) is 9.81. The van der Waals surface area contributed by atoms with Gasteiger partial charge in [0, 0.05) is 0 Å². The van der Waals surface area contributed by atoms with Crippen LogP contribution in [0.3, 0.4) is 0 Å². The van der Waals surface area contributed by atoms with Crippen LogP contribution >= 0.6 is 0 Å². The van der Waals surface area contributed by atoms with Crippen molar-refractivity contribution in [2.24, 2.45) is 5.92 Å². The minimum Gasteiger partial charge on any atom is -0.269 e. The summed E-state index contributed by atoms with van der Waals surface area (Å²) >= 11 is 0. The molecule has 86 valence electrons. The number of carbonyl (C=O) groups excluding carboxylic acids is 2. The molecule has 2 amide bonds. The van der Waals surface area contributed by atoms with Gasteiger partial charge >= 0.3 is 0 Å². The van der Waals surface area contributed by atoms with Gasteiger partial charge in [0.2, 0.25) is 0 Å². The van der Waals surface area contributed by atoms with Crippen molar-refractivity contribution in [3.63, 3.8) is 0 Å². The Morgan fingerprint density at radius 3 is 1.94 bits per heavy atom. The van der Waals surface area contributed by atoms with Crippen LogP contribution in [0.15, 0.2) is 24.3 Å². The summed E-state index contributed by atoms with van der Waals surface area (Å²) in [6.45, 7) is 3.79. The predicted molar refractivity (Wildman–Crippen MR) is 64.4 cm³/mol. The van der Waals surface area contributed by atoms with Gasteiger partial charge in [0.1, 0.15) is 6.04 Å². The Morgan fingerprint density at radius 2 is 1.59 bits per heavy atom. The van der Waals surface area contributed by atoms with E-state index in [1.54, 1.807) is 24.3 Å². The molecule has 3 heteroatoms. The molecule has 0 aliphatic carbocycles. The standard InChI is InChI=1S/C14H13NO2/c1-4-12(9(2)3)15-13(16)10-7-5-6-8-11(10)14(15)17/h1,5-9,12H,2-3H3/t12-/m1/s1. The molecule has 1 aromatic rings. The molecule has 0 aromatic heterocycles. The average Bonchev–Trinajstić information content (AvgIpc) is 2.56. The van der Waals surface area contributed by atoms with E-state index in [9.17, 15) is 9.59 Å². The highest BCUT2D eigenvalue weighted by Crippen LogP contribution is 2.26. The molecule has 1 aliphatic rings. The summed E-state index contributed by atoms with van der Waals surface area (Å²) in [4.78, 5) is 25.4. The van der Waals surface area contributed by atoms with Gasteiger partial charge in [0.05, 0.1) is 11.1 Å². The minimum atomic E-state index is -0.484. The molecule has 1 aromatic carbocycles. The summed E-state index contributed by atoms with van der Waals surface area (Å²) in [6.07, 6.45) is 5.42. The molecule has 0 unspecified atom stereocenters. The van der Waals surface area contributed by atoms with Crippen LogP contribution in [0.5, 0.6) is 0 Å². The van der Waals surface area contributed by atoms with Gasteiger partial charge in [-0.2, -0.15) is 0 Å². The van der Waals surface area contributed by atoms with Gasteiger partial charge in [0.15, 0.2) is 0 Å². The van der Waals surface area contributed by atoms with E-state index in [1.165, 1.54) is 4.90 Å². The fourth-order valence-corrected chi connectivity index (χ4v) is 2.03. The normalized spacial score (nSPS) is 16.0. The van der Waals surface area contributed by atoms with E-state index >= 15 is 0 Å². The fourth-order valence-electron chi connectivity index (χ4n) is 2.03. The molecular weight excluding hydrogens is 214 g/mol. The molecule has 0 bridgehead atoms. The largest absolute Gasteiger partial charge is 0.269 e. The summed E-state index contributed by atoms with van der Waals surface area (Å²) in [6, 6.07) is 6.32. The first kappa shape index (κ1) is 11.4. The van der Waals surface area contributed by atoms with Crippen LogP contribution in [0.4, 0.5) is 0 Å². The topological polar surface area (TPSA) is 37.4 Å². The van der Waals surface area contributed by atoms with Gasteiger partial charge in [0.25, 0.3) is 11.8 Å². The van der Waals surface area contributed by atoms with Crippen LogP contribution in [-0.2, 0) is 0 Å². The van der Waals surface area contributed by atoms with E-state index in [-0.39, 0.29) is 17.7 Å². The molecule has 17 heavy (non-hydrogen) atoms. The highest BCUT2D eigenvalue weighted by atomic mass is 16.2. The Labute approximate surface area is 100 Å². The number of hydrogen-bond acceptors (Lipinski definition) is 2. The van der Waals surface area contributed by atoms with Crippen LogP contribution in [0.1, 0.15) is 34.6 Å².